The molecule has 0 bridgehead atoms. The highest BCUT2D eigenvalue weighted by molar-refractivity contribution is 6.00. The van der Waals surface area contributed by atoms with Crippen LogP contribution in [0, 0.1) is 58.2 Å². The van der Waals surface area contributed by atoms with Crippen molar-refractivity contribution in [1.29, 1.82) is 0 Å². The van der Waals surface area contributed by atoms with Crippen LogP contribution in [0.1, 0.15) is 118 Å². The lowest BCUT2D eigenvalue weighted by molar-refractivity contribution is -0.204. The van der Waals surface area contributed by atoms with Gasteiger partial charge in [-0.2, -0.15) is 0 Å². The predicted octanol–water partition coefficient (Wildman–Crippen LogP) is 3.93. The predicted molar refractivity (Wildman–Crippen MR) is 219 cm³/mol. The van der Waals surface area contributed by atoms with Gasteiger partial charge in [0.15, 0.2) is 5.78 Å². The standard InChI is InChI=1S/C47H72N2O9/c1-6-7-26-8-13-30-24(2)42(58-36(30)14-9-26)43(55)45(5,56)37-16-17-47(57)40-31(18-33(51)25(3)50)41(54)32-19-34(52)35(53)22-46(32)21-27(29-12-15-38(48)49-23-29)10-11-28(39(40)46)20-44(37,47)4/h10-12,15,23-28,30,32-39,42-43,49-53,55-57H,6-9,13-14,16-22,48H2,1-5H3. The summed E-state index contributed by atoms with van der Waals surface area (Å²) in [5, 5.41) is 86.6. The number of aliphatic hydroxyl groups is 7. The molecule has 1 spiro atoms. The van der Waals surface area contributed by atoms with Gasteiger partial charge in [0.2, 0.25) is 0 Å². The summed E-state index contributed by atoms with van der Waals surface area (Å²) in [4.78, 5) is 15.3. The van der Waals surface area contributed by atoms with E-state index < -0.39 is 76.4 Å². The van der Waals surface area contributed by atoms with E-state index >= 15 is 4.79 Å². The average Bonchev–Trinajstić information content (AvgIpc) is 3.47. The van der Waals surface area contributed by atoms with Crippen LogP contribution < -0.4 is 11.1 Å². The first-order chi connectivity index (χ1) is 27.4. The summed E-state index contributed by atoms with van der Waals surface area (Å²) in [5.74, 6) is -1.32. The number of allylic oxidation sites excluding steroid dienone is 4. The van der Waals surface area contributed by atoms with Gasteiger partial charge in [-0.15, -0.1) is 0 Å². The largest absolute Gasteiger partial charge is 0.391 e. The van der Waals surface area contributed by atoms with Crippen LogP contribution in [0.15, 0.2) is 47.2 Å². The van der Waals surface area contributed by atoms with Crippen molar-refractivity contribution in [3.63, 3.8) is 0 Å². The zero-order valence-corrected chi connectivity index (χ0v) is 35.3. The second-order valence-corrected chi connectivity index (χ2v) is 20.9. The first kappa shape index (κ1) is 42.7. The fraction of sp³-hybridized carbons (Fsp3) is 0.809. The van der Waals surface area contributed by atoms with E-state index in [1.165, 1.54) is 19.8 Å². The Morgan fingerprint density at radius 1 is 1.03 bits per heavy atom. The first-order valence-corrected chi connectivity index (χ1v) is 22.7. The zero-order chi connectivity index (χ0) is 41.7. The van der Waals surface area contributed by atoms with Crippen molar-refractivity contribution in [2.24, 2.45) is 63.9 Å². The molecule has 6 aliphatic carbocycles. The van der Waals surface area contributed by atoms with E-state index in [2.05, 4.69) is 31.3 Å². The number of ether oxygens (including phenoxy) is 1. The van der Waals surface area contributed by atoms with Crippen LogP contribution in [-0.4, -0.2) is 102 Å². The van der Waals surface area contributed by atoms with Gasteiger partial charge in [-0.1, -0.05) is 58.3 Å². The Bertz CT molecular complexity index is 1710. The lowest BCUT2D eigenvalue weighted by atomic mass is 9.40. The number of nitrogens with two attached hydrogens (primary N) is 1. The Balaban J connectivity index is 1.21. The topological polar surface area (TPSA) is 206 Å². The monoisotopic (exact) mass is 809 g/mol. The number of carbonyl (C=O) groups excluding carboxylic acids is 1. The Morgan fingerprint density at radius 2 is 1.78 bits per heavy atom. The maximum atomic E-state index is 15.3. The zero-order valence-electron chi connectivity index (χ0n) is 35.3. The molecule has 20 atom stereocenters. The number of aliphatic hydroxyl groups excluding tert-OH is 5. The first-order valence-electron chi connectivity index (χ1n) is 22.7. The van der Waals surface area contributed by atoms with Crippen molar-refractivity contribution in [1.82, 2.24) is 5.32 Å². The molecule has 58 heavy (non-hydrogen) atoms. The fourth-order valence-electron chi connectivity index (χ4n) is 14.7. The number of hydrogen-bond acceptors (Lipinski definition) is 11. The van der Waals surface area contributed by atoms with Crippen LogP contribution in [-0.2, 0) is 9.53 Å². The minimum atomic E-state index is -1.66. The highest BCUT2D eigenvalue weighted by Crippen LogP contribution is 2.73. The van der Waals surface area contributed by atoms with Gasteiger partial charge in [-0.25, -0.2) is 0 Å². The van der Waals surface area contributed by atoms with Crippen LogP contribution >= 0.6 is 0 Å². The van der Waals surface area contributed by atoms with Gasteiger partial charge in [0.25, 0.3) is 0 Å². The Hall–Kier alpha value is -1.93. The molecule has 11 heteroatoms. The minimum absolute atomic E-state index is 0.0396. The molecule has 11 nitrogen and oxygen atoms in total. The van der Waals surface area contributed by atoms with Crippen molar-refractivity contribution < 1.29 is 45.3 Å². The third-order valence-corrected chi connectivity index (χ3v) is 17.7. The lowest BCUT2D eigenvalue weighted by Crippen LogP contribution is -2.66. The Morgan fingerprint density at radius 3 is 2.47 bits per heavy atom. The van der Waals surface area contributed by atoms with Crippen molar-refractivity contribution in [3.8, 4) is 0 Å². The number of dihydropyridines is 1. The fourth-order valence-corrected chi connectivity index (χ4v) is 14.7. The summed E-state index contributed by atoms with van der Waals surface area (Å²) in [6, 6.07) is 0. The summed E-state index contributed by atoms with van der Waals surface area (Å²) in [6.07, 6.45) is 11.8. The van der Waals surface area contributed by atoms with E-state index in [0.29, 0.717) is 42.2 Å². The summed E-state index contributed by atoms with van der Waals surface area (Å²) < 4.78 is 6.75. The second-order valence-electron chi connectivity index (χ2n) is 20.9. The van der Waals surface area contributed by atoms with E-state index in [9.17, 15) is 35.7 Å². The van der Waals surface area contributed by atoms with Crippen LogP contribution in [0.3, 0.4) is 0 Å². The van der Waals surface area contributed by atoms with Gasteiger partial charge >= 0.3 is 0 Å². The van der Waals surface area contributed by atoms with Crippen molar-refractivity contribution in [2.45, 2.75) is 178 Å². The summed E-state index contributed by atoms with van der Waals surface area (Å²) in [5.41, 5.74) is 2.80. The molecule has 8 aliphatic rings. The normalized spacial score (nSPS) is 48.6. The quantitative estimate of drug-likeness (QED) is 0.153. The molecule has 10 N–H and O–H groups in total. The number of rotatable bonds is 9. The van der Waals surface area contributed by atoms with Gasteiger partial charge in [-0.3, -0.25) is 4.79 Å². The molecular formula is C47H72N2O9. The number of carbonyl (C=O) groups is 1. The van der Waals surface area contributed by atoms with E-state index in [1.54, 1.807) is 6.92 Å². The number of hydrogen-bond donors (Lipinski definition) is 9. The molecular weight excluding hydrogens is 737 g/mol. The molecule has 0 amide bonds. The SMILES string of the molecule is CCCC1CCC2OC(C(O)C(C)(O)C3CCC4(O)C5=C(CC(O)C(C)O)C(=O)C6CC(O)C(O)CC67CC(C6=CNC(N)C=C6)C=CC(CC34C)C57)C(C)C2CC1. The Kier molecular flexibility index (Phi) is 11.4. The smallest absolute Gasteiger partial charge is 0.162 e. The summed E-state index contributed by atoms with van der Waals surface area (Å²) in [7, 11) is 0. The molecule has 2 aliphatic heterocycles. The highest BCUT2D eigenvalue weighted by Gasteiger charge is 2.73. The van der Waals surface area contributed by atoms with Crippen molar-refractivity contribution in [2.75, 3.05) is 0 Å². The second kappa shape index (κ2) is 15.5. The molecule has 0 radical (unpaired) electrons. The third kappa shape index (κ3) is 6.59. The van der Waals surface area contributed by atoms with Gasteiger partial charge < -0.3 is 51.5 Å². The molecule has 5 fully saturated rings. The molecule has 8 rings (SSSR count). The van der Waals surface area contributed by atoms with Gasteiger partial charge in [0.1, 0.15) is 6.10 Å². The summed E-state index contributed by atoms with van der Waals surface area (Å²) >= 11 is 0. The van der Waals surface area contributed by atoms with Gasteiger partial charge in [0.05, 0.1) is 54.0 Å². The third-order valence-electron chi connectivity index (χ3n) is 17.7. The molecule has 0 aromatic rings. The number of ketones is 1. The van der Waals surface area contributed by atoms with E-state index in [-0.39, 0.29) is 61.5 Å². The molecule has 0 aromatic carbocycles. The molecule has 324 valence electrons. The number of nitrogens with one attached hydrogen (secondary N) is 1. The Labute approximate surface area is 344 Å². The van der Waals surface area contributed by atoms with Crippen LogP contribution in [0.25, 0.3) is 0 Å². The lowest BCUT2D eigenvalue weighted by Gasteiger charge is -2.64. The molecule has 1 saturated heterocycles. The van der Waals surface area contributed by atoms with Crippen LogP contribution in [0.5, 0.6) is 0 Å². The molecule has 20 unspecified atom stereocenters. The summed E-state index contributed by atoms with van der Waals surface area (Å²) in [6.45, 7) is 9.59. The number of fused-ring (bicyclic) bond motifs is 3. The van der Waals surface area contributed by atoms with Crippen LogP contribution in [0.2, 0.25) is 0 Å². The minimum Gasteiger partial charge on any atom is -0.391 e. The van der Waals surface area contributed by atoms with Crippen LogP contribution in [0.4, 0.5) is 0 Å². The highest BCUT2D eigenvalue weighted by atomic mass is 16.5. The molecule has 4 saturated carbocycles. The van der Waals surface area contributed by atoms with Crippen molar-refractivity contribution in [3.05, 3.63) is 47.2 Å². The molecule has 2 heterocycles. The van der Waals surface area contributed by atoms with E-state index in [1.807, 2.05) is 25.3 Å². The maximum Gasteiger partial charge on any atom is 0.162 e. The maximum absolute atomic E-state index is 15.3. The van der Waals surface area contributed by atoms with E-state index in [0.717, 1.165) is 31.3 Å². The van der Waals surface area contributed by atoms with E-state index in [4.69, 9.17) is 10.5 Å². The van der Waals surface area contributed by atoms with Gasteiger partial charge in [0, 0.05) is 35.4 Å². The number of Topliss-reactive ketones (excluding diaryl/α,β-unsaturated/α-hetero) is 1. The van der Waals surface area contributed by atoms with Gasteiger partial charge in [-0.05, 0) is 130 Å². The molecule has 0 aromatic heterocycles. The van der Waals surface area contributed by atoms with Crippen molar-refractivity contribution >= 4 is 5.78 Å². The average molecular weight is 809 g/mol.